The van der Waals surface area contributed by atoms with E-state index in [2.05, 4.69) is 37.1 Å². The molecule has 4 heteroatoms. The van der Waals surface area contributed by atoms with Crippen molar-refractivity contribution in [3.63, 3.8) is 0 Å². The molecule has 1 saturated heterocycles. The molecular weight excluding hydrogens is 250 g/mol. The second kappa shape index (κ2) is 4.43. The minimum atomic E-state index is 0.174. The molecule has 3 atom stereocenters. The molecule has 0 radical (unpaired) electrons. The predicted octanol–water partition coefficient (Wildman–Crippen LogP) is 2.03. The summed E-state index contributed by atoms with van der Waals surface area (Å²) in [4.78, 5) is 7.57. The number of piperazine rings is 1. The predicted molar refractivity (Wildman–Crippen MR) is 78.9 cm³/mol. The molecule has 0 bridgehead atoms. The van der Waals surface area contributed by atoms with E-state index in [4.69, 9.17) is 9.72 Å². The molecule has 20 heavy (non-hydrogen) atoms. The zero-order valence-electron chi connectivity index (χ0n) is 12.5. The number of nitrogens with zero attached hydrogens (tertiary/aromatic N) is 2. The first-order valence-corrected chi connectivity index (χ1v) is 7.78. The summed E-state index contributed by atoms with van der Waals surface area (Å²) >= 11 is 0. The minimum absolute atomic E-state index is 0.174. The average Bonchev–Trinajstić information content (AvgIpc) is 2.96. The van der Waals surface area contributed by atoms with Gasteiger partial charge in [0.25, 0.3) is 0 Å². The Bertz CT molecular complexity index is 543. The van der Waals surface area contributed by atoms with Crippen molar-refractivity contribution >= 4 is 5.82 Å². The summed E-state index contributed by atoms with van der Waals surface area (Å²) < 4.78 is 5.93. The van der Waals surface area contributed by atoms with Gasteiger partial charge < -0.3 is 15.0 Å². The van der Waals surface area contributed by atoms with E-state index in [-0.39, 0.29) is 6.10 Å². The third-order valence-electron chi connectivity index (χ3n) is 4.87. The lowest BCUT2D eigenvalue weighted by molar-refractivity contribution is 0.0322. The van der Waals surface area contributed by atoms with Crippen LogP contribution in [0.4, 0.5) is 5.82 Å². The Morgan fingerprint density at radius 1 is 1.35 bits per heavy atom. The first-order chi connectivity index (χ1) is 9.65. The molecule has 3 aliphatic heterocycles. The van der Waals surface area contributed by atoms with Gasteiger partial charge in [0.1, 0.15) is 11.9 Å². The van der Waals surface area contributed by atoms with Gasteiger partial charge in [-0.05, 0) is 30.9 Å². The molecule has 0 aliphatic carbocycles. The number of fused-ring (bicyclic) bond motifs is 4. The number of rotatable bonds is 1. The van der Waals surface area contributed by atoms with Gasteiger partial charge in [-0.1, -0.05) is 13.8 Å². The smallest absolute Gasteiger partial charge is 0.132 e. The molecule has 108 valence electrons. The van der Waals surface area contributed by atoms with E-state index in [9.17, 15) is 0 Å². The molecule has 1 aromatic heterocycles. The van der Waals surface area contributed by atoms with Crippen LogP contribution in [0.15, 0.2) is 6.07 Å². The molecule has 0 spiro atoms. The van der Waals surface area contributed by atoms with E-state index in [1.165, 1.54) is 22.6 Å². The molecule has 0 unspecified atom stereocenters. The molecule has 0 aromatic carbocycles. The Balaban J connectivity index is 1.77. The highest BCUT2D eigenvalue weighted by molar-refractivity contribution is 5.58. The monoisotopic (exact) mass is 273 g/mol. The van der Waals surface area contributed by atoms with E-state index in [1.807, 2.05) is 0 Å². The molecule has 4 rings (SSSR count). The number of nitrogens with one attached hydrogen (secondary N) is 1. The Kier molecular flexibility index (Phi) is 2.79. The molecule has 0 amide bonds. The van der Waals surface area contributed by atoms with Crippen molar-refractivity contribution in [1.82, 2.24) is 10.3 Å². The third kappa shape index (κ3) is 1.71. The van der Waals surface area contributed by atoms with Crippen molar-refractivity contribution in [1.29, 1.82) is 0 Å². The molecule has 1 fully saturated rings. The van der Waals surface area contributed by atoms with Crippen LogP contribution >= 0.6 is 0 Å². The maximum atomic E-state index is 5.93. The fourth-order valence-corrected chi connectivity index (χ4v) is 3.93. The molecular formula is C16H23N3O. The first kappa shape index (κ1) is 12.6. The number of hydrogen-bond acceptors (Lipinski definition) is 4. The largest absolute Gasteiger partial charge is 0.367 e. The Morgan fingerprint density at radius 2 is 2.20 bits per heavy atom. The lowest BCUT2D eigenvalue weighted by Gasteiger charge is -2.37. The van der Waals surface area contributed by atoms with Crippen molar-refractivity contribution in [3.8, 4) is 0 Å². The van der Waals surface area contributed by atoms with Crippen LogP contribution in [-0.4, -0.2) is 30.2 Å². The van der Waals surface area contributed by atoms with Gasteiger partial charge in [0.05, 0.1) is 12.3 Å². The first-order valence-electron chi connectivity index (χ1n) is 7.78. The summed E-state index contributed by atoms with van der Waals surface area (Å²) in [5.41, 5.74) is 3.91. The Morgan fingerprint density at radius 3 is 3.00 bits per heavy atom. The van der Waals surface area contributed by atoms with E-state index >= 15 is 0 Å². The summed E-state index contributed by atoms with van der Waals surface area (Å²) in [7, 11) is 0. The van der Waals surface area contributed by atoms with Crippen molar-refractivity contribution in [2.24, 2.45) is 5.92 Å². The number of pyridine rings is 1. The van der Waals surface area contributed by atoms with Crippen LogP contribution in [0.2, 0.25) is 0 Å². The maximum Gasteiger partial charge on any atom is 0.132 e. The lowest BCUT2D eigenvalue weighted by atomic mass is 10.0. The molecule has 3 aliphatic rings. The van der Waals surface area contributed by atoms with Gasteiger partial charge in [-0.25, -0.2) is 4.98 Å². The summed E-state index contributed by atoms with van der Waals surface area (Å²) in [6.45, 7) is 9.58. The lowest BCUT2D eigenvalue weighted by Crippen LogP contribution is -2.55. The topological polar surface area (TPSA) is 37.4 Å². The van der Waals surface area contributed by atoms with Crippen molar-refractivity contribution in [2.75, 3.05) is 18.0 Å². The number of ether oxygens (including phenoxy) is 1. The van der Waals surface area contributed by atoms with E-state index in [1.54, 1.807) is 0 Å². The summed E-state index contributed by atoms with van der Waals surface area (Å²) in [5.74, 6) is 1.71. The van der Waals surface area contributed by atoms with Crippen LogP contribution in [-0.2, 0) is 17.8 Å². The average molecular weight is 273 g/mol. The van der Waals surface area contributed by atoms with Gasteiger partial charge in [-0.15, -0.1) is 0 Å². The number of anilines is 1. The highest BCUT2D eigenvalue weighted by Crippen LogP contribution is 2.41. The maximum absolute atomic E-state index is 5.93. The Labute approximate surface area is 120 Å². The molecule has 1 N–H and O–H groups in total. The fraction of sp³-hybridized carbons (Fsp3) is 0.688. The van der Waals surface area contributed by atoms with Gasteiger partial charge >= 0.3 is 0 Å². The number of hydrogen-bond donors (Lipinski definition) is 1. The quantitative estimate of drug-likeness (QED) is 0.849. The highest BCUT2D eigenvalue weighted by Gasteiger charge is 2.39. The van der Waals surface area contributed by atoms with Crippen LogP contribution < -0.4 is 10.2 Å². The van der Waals surface area contributed by atoms with Crippen LogP contribution in [0.1, 0.15) is 43.7 Å². The van der Waals surface area contributed by atoms with Crippen LogP contribution in [0.25, 0.3) is 0 Å². The normalized spacial score (nSPS) is 31.4. The second-order valence-electron chi connectivity index (χ2n) is 6.76. The Hall–Kier alpha value is -1.13. The van der Waals surface area contributed by atoms with Gasteiger partial charge in [0, 0.05) is 30.7 Å². The van der Waals surface area contributed by atoms with Crippen LogP contribution in [0, 0.1) is 5.92 Å². The van der Waals surface area contributed by atoms with E-state index < -0.39 is 0 Å². The van der Waals surface area contributed by atoms with Crippen LogP contribution in [0.5, 0.6) is 0 Å². The highest BCUT2D eigenvalue weighted by atomic mass is 16.5. The van der Waals surface area contributed by atoms with Crippen LogP contribution in [0.3, 0.4) is 0 Å². The third-order valence-corrected chi connectivity index (χ3v) is 4.87. The zero-order valence-corrected chi connectivity index (χ0v) is 12.5. The summed E-state index contributed by atoms with van der Waals surface area (Å²) in [5, 5.41) is 3.53. The minimum Gasteiger partial charge on any atom is -0.367 e. The van der Waals surface area contributed by atoms with Crippen molar-refractivity contribution in [3.05, 3.63) is 22.9 Å². The summed E-state index contributed by atoms with van der Waals surface area (Å²) in [6, 6.07) is 3.47. The van der Waals surface area contributed by atoms with E-state index in [0.29, 0.717) is 18.0 Å². The van der Waals surface area contributed by atoms with Gasteiger partial charge in [-0.3, -0.25) is 0 Å². The van der Waals surface area contributed by atoms with E-state index in [0.717, 1.165) is 26.1 Å². The molecule has 0 saturated carbocycles. The standard InChI is InChI=1S/C16H23N3O/c1-9(2)15-14-12(8-20-15)4-11-5-13-7-17-6-10(3)19(13)16(11)18-14/h4,9-10,13,15,17H,5-8H2,1-3H3/t10-,13-,15-/m1/s1. The fourth-order valence-electron chi connectivity index (χ4n) is 3.93. The molecule has 4 heterocycles. The second-order valence-corrected chi connectivity index (χ2v) is 6.76. The summed E-state index contributed by atoms with van der Waals surface area (Å²) in [6.07, 6.45) is 1.30. The molecule has 4 nitrogen and oxygen atoms in total. The molecule has 1 aromatic rings. The van der Waals surface area contributed by atoms with Crippen molar-refractivity contribution < 1.29 is 4.74 Å². The van der Waals surface area contributed by atoms with Gasteiger partial charge in [-0.2, -0.15) is 0 Å². The van der Waals surface area contributed by atoms with Crippen molar-refractivity contribution in [2.45, 2.75) is 52.0 Å². The van der Waals surface area contributed by atoms with Gasteiger partial charge in [0.15, 0.2) is 0 Å². The SMILES string of the molecule is CC(C)[C@H]1OCc2cc3c(nc21)N1[C@@H](CNC[C@H]1C)C3. The van der Waals surface area contributed by atoms with Gasteiger partial charge in [0.2, 0.25) is 0 Å². The zero-order chi connectivity index (χ0) is 13.9. The number of aromatic nitrogens is 1.